The normalized spacial score (nSPS) is 12.4. The molecule has 0 radical (unpaired) electrons. The highest BCUT2D eigenvalue weighted by Crippen LogP contribution is 2.23. The summed E-state index contributed by atoms with van der Waals surface area (Å²) in [5.41, 5.74) is 4.84. The second-order valence-corrected chi connectivity index (χ2v) is 6.66. The summed E-state index contributed by atoms with van der Waals surface area (Å²) in [6, 6.07) is 0. The Balaban J connectivity index is 2.73. The van der Waals surface area contributed by atoms with Crippen molar-refractivity contribution in [3.8, 4) is 0 Å². The Morgan fingerprint density at radius 2 is 2.06 bits per heavy atom. The van der Waals surface area contributed by atoms with Gasteiger partial charge < -0.3 is 11.1 Å². The van der Waals surface area contributed by atoms with Crippen LogP contribution >= 0.6 is 11.6 Å². The van der Waals surface area contributed by atoms with E-state index in [1.54, 1.807) is 13.8 Å². The Labute approximate surface area is 111 Å². The minimum Gasteiger partial charge on any atom is -0.382 e. The monoisotopic (exact) mass is 293 g/mol. The van der Waals surface area contributed by atoms with Crippen molar-refractivity contribution in [2.24, 2.45) is 0 Å². The molecule has 0 aliphatic heterocycles. The van der Waals surface area contributed by atoms with Gasteiger partial charge in [-0.1, -0.05) is 11.6 Å². The largest absolute Gasteiger partial charge is 0.382 e. The highest BCUT2D eigenvalue weighted by Gasteiger charge is 2.22. The molecule has 0 aromatic carbocycles. The number of halogens is 1. The Kier molecular flexibility index (Phi) is 4.36. The molecule has 0 saturated carbocycles. The number of sulfonamides is 1. The average molecular weight is 294 g/mol. The molecule has 1 heterocycles. The number of rotatable bonds is 5. The maximum Gasteiger partial charge on any atom is 0.209 e. The molecule has 0 aliphatic carbocycles. The molecule has 4 N–H and O–H groups in total. The first-order valence-corrected chi connectivity index (χ1v) is 7.36. The van der Waals surface area contributed by atoms with E-state index in [0.717, 1.165) is 6.26 Å². The molecular formula is C9H16ClN5O2S. The Bertz CT molecular complexity index is 532. The molecule has 0 spiro atoms. The quantitative estimate of drug-likeness (QED) is 0.727. The lowest BCUT2D eigenvalue weighted by atomic mass is 10.1. The van der Waals surface area contributed by atoms with E-state index in [2.05, 4.69) is 20.0 Å². The number of hydrogen-bond donors (Lipinski definition) is 3. The van der Waals surface area contributed by atoms with E-state index in [4.69, 9.17) is 17.3 Å². The fourth-order valence-corrected chi connectivity index (χ4v) is 2.59. The molecule has 0 atom stereocenters. The molecule has 102 valence electrons. The van der Waals surface area contributed by atoms with Gasteiger partial charge in [0.2, 0.25) is 10.0 Å². The summed E-state index contributed by atoms with van der Waals surface area (Å²) in [4.78, 5) is 7.65. The lowest BCUT2D eigenvalue weighted by Crippen LogP contribution is -2.47. The van der Waals surface area contributed by atoms with Crippen LogP contribution in [0.15, 0.2) is 6.33 Å². The molecule has 9 heteroatoms. The molecular weight excluding hydrogens is 278 g/mol. The number of aromatic nitrogens is 2. The predicted molar refractivity (Wildman–Crippen MR) is 72.0 cm³/mol. The summed E-state index contributed by atoms with van der Waals surface area (Å²) in [7, 11) is -3.28. The van der Waals surface area contributed by atoms with Gasteiger partial charge in [0, 0.05) is 12.1 Å². The summed E-state index contributed by atoms with van der Waals surface area (Å²) in [6.45, 7) is 3.77. The molecule has 18 heavy (non-hydrogen) atoms. The van der Waals surface area contributed by atoms with Gasteiger partial charge in [0.1, 0.15) is 17.2 Å². The van der Waals surface area contributed by atoms with E-state index in [0.29, 0.717) is 12.4 Å². The van der Waals surface area contributed by atoms with Crippen LogP contribution < -0.4 is 15.8 Å². The van der Waals surface area contributed by atoms with Crippen molar-refractivity contribution in [2.45, 2.75) is 19.4 Å². The summed E-state index contributed by atoms with van der Waals surface area (Å²) in [5, 5.41) is 3.14. The highest BCUT2D eigenvalue weighted by molar-refractivity contribution is 7.88. The standard InChI is InChI=1S/C9H16ClN5O2S/c1-9(2,15-18(3,16)17)4-12-8-6(10)7(11)13-5-14-8/h5,15H,4H2,1-3H3,(H3,11,12,13,14). The molecule has 7 nitrogen and oxygen atoms in total. The van der Waals surface area contributed by atoms with E-state index < -0.39 is 15.6 Å². The number of nitrogens with zero attached hydrogens (tertiary/aromatic N) is 2. The minimum atomic E-state index is -3.28. The van der Waals surface area contributed by atoms with Crippen LogP contribution in [0.5, 0.6) is 0 Å². The van der Waals surface area contributed by atoms with Crippen molar-refractivity contribution in [2.75, 3.05) is 23.9 Å². The van der Waals surface area contributed by atoms with Crippen LogP contribution in [0.1, 0.15) is 13.8 Å². The molecule has 1 aromatic heterocycles. The van der Waals surface area contributed by atoms with Gasteiger partial charge >= 0.3 is 0 Å². The van der Waals surface area contributed by atoms with E-state index in [1.165, 1.54) is 6.33 Å². The zero-order valence-electron chi connectivity index (χ0n) is 10.4. The van der Waals surface area contributed by atoms with Crippen molar-refractivity contribution in [3.05, 3.63) is 11.3 Å². The first-order chi connectivity index (χ1) is 8.11. The number of nitrogens with two attached hydrogens (primary N) is 1. The molecule has 1 rings (SSSR count). The van der Waals surface area contributed by atoms with Gasteiger partial charge in [0.15, 0.2) is 5.82 Å². The second-order valence-electron chi connectivity index (χ2n) is 4.53. The van der Waals surface area contributed by atoms with Crippen LogP contribution in [-0.2, 0) is 10.0 Å². The second kappa shape index (κ2) is 5.25. The molecule has 0 amide bonds. The highest BCUT2D eigenvalue weighted by atomic mass is 35.5. The Morgan fingerprint density at radius 1 is 1.44 bits per heavy atom. The number of nitrogen functional groups attached to an aromatic ring is 1. The average Bonchev–Trinajstić information content (AvgIpc) is 2.17. The molecule has 0 aliphatic rings. The van der Waals surface area contributed by atoms with Crippen LogP contribution in [-0.4, -0.2) is 36.7 Å². The fraction of sp³-hybridized carbons (Fsp3) is 0.556. The summed E-state index contributed by atoms with van der Waals surface area (Å²) < 4.78 is 24.8. The Morgan fingerprint density at radius 3 is 2.61 bits per heavy atom. The number of anilines is 2. The van der Waals surface area contributed by atoms with Gasteiger partial charge in [-0.15, -0.1) is 0 Å². The number of hydrogen-bond acceptors (Lipinski definition) is 6. The van der Waals surface area contributed by atoms with E-state index in [-0.39, 0.29) is 10.8 Å². The lowest BCUT2D eigenvalue weighted by molar-refractivity contribution is 0.476. The topological polar surface area (TPSA) is 110 Å². The smallest absolute Gasteiger partial charge is 0.209 e. The van der Waals surface area contributed by atoms with Crippen molar-refractivity contribution in [3.63, 3.8) is 0 Å². The van der Waals surface area contributed by atoms with E-state index in [9.17, 15) is 8.42 Å². The SMILES string of the molecule is CC(C)(CNc1ncnc(N)c1Cl)NS(C)(=O)=O. The minimum absolute atomic E-state index is 0.169. The van der Waals surface area contributed by atoms with E-state index in [1.807, 2.05) is 0 Å². The van der Waals surface area contributed by atoms with Gasteiger partial charge in [-0.3, -0.25) is 0 Å². The first kappa shape index (κ1) is 14.9. The van der Waals surface area contributed by atoms with Crippen molar-refractivity contribution in [1.29, 1.82) is 0 Å². The van der Waals surface area contributed by atoms with Gasteiger partial charge in [0.05, 0.1) is 6.26 Å². The Hall–Kier alpha value is -1.12. The fourth-order valence-electron chi connectivity index (χ4n) is 1.35. The molecule has 1 aromatic rings. The van der Waals surface area contributed by atoms with Crippen LogP contribution in [0, 0.1) is 0 Å². The van der Waals surface area contributed by atoms with Gasteiger partial charge in [0.25, 0.3) is 0 Å². The third-order valence-electron chi connectivity index (χ3n) is 1.98. The van der Waals surface area contributed by atoms with Gasteiger partial charge in [-0.05, 0) is 13.8 Å². The predicted octanol–water partition coefficient (Wildman–Crippen LogP) is 0.452. The van der Waals surface area contributed by atoms with Crippen molar-refractivity contribution >= 4 is 33.3 Å². The van der Waals surface area contributed by atoms with Crippen molar-refractivity contribution in [1.82, 2.24) is 14.7 Å². The third-order valence-corrected chi connectivity index (χ3v) is 3.27. The maximum atomic E-state index is 11.2. The van der Waals surface area contributed by atoms with Crippen LogP contribution in [0.4, 0.5) is 11.6 Å². The first-order valence-electron chi connectivity index (χ1n) is 5.09. The molecule has 0 unspecified atom stereocenters. The summed E-state index contributed by atoms with van der Waals surface area (Å²) in [5.74, 6) is 0.538. The third kappa shape index (κ3) is 4.63. The van der Waals surface area contributed by atoms with Crippen molar-refractivity contribution < 1.29 is 8.42 Å². The van der Waals surface area contributed by atoms with E-state index >= 15 is 0 Å². The summed E-state index contributed by atoms with van der Waals surface area (Å²) in [6.07, 6.45) is 2.38. The van der Waals surface area contributed by atoms with Crippen LogP contribution in [0.3, 0.4) is 0 Å². The lowest BCUT2D eigenvalue weighted by Gasteiger charge is -2.25. The molecule has 0 bridgehead atoms. The van der Waals surface area contributed by atoms with Gasteiger partial charge in [-0.2, -0.15) is 0 Å². The maximum absolute atomic E-state index is 11.2. The molecule has 0 saturated heterocycles. The molecule has 0 fully saturated rings. The summed E-state index contributed by atoms with van der Waals surface area (Å²) >= 11 is 5.90. The number of nitrogens with one attached hydrogen (secondary N) is 2. The van der Waals surface area contributed by atoms with Crippen LogP contribution in [0.25, 0.3) is 0 Å². The zero-order valence-corrected chi connectivity index (χ0v) is 11.9. The van der Waals surface area contributed by atoms with Crippen LogP contribution in [0.2, 0.25) is 5.02 Å². The zero-order chi connectivity index (χ0) is 14.0. The van der Waals surface area contributed by atoms with Gasteiger partial charge in [-0.25, -0.2) is 23.1 Å².